The van der Waals surface area contributed by atoms with Gasteiger partial charge in [-0.05, 0) is 0 Å². The molecule has 0 aliphatic rings. The van der Waals surface area contributed by atoms with E-state index in [-0.39, 0.29) is 5.91 Å². The van der Waals surface area contributed by atoms with Crippen LogP contribution in [-0.2, 0) is 4.79 Å². The van der Waals surface area contributed by atoms with E-state index in [9.17, 15) is 4.79 Å². The van der Waals surface area contributed by atoms with E-state index < -0.39 is 0 Å². The van der Waals surface area contributed by atoms with Crippen LogP contribution in [0.5, 0.6) is 0 Å². The monoisotopic (exact) mass is 174 g/mol. The van der Waals surface area contributed by atoms with E-state index in [0.717, 1.165) is 0 Å². The van der Waals surface area contributed by atoms with Gasteiger partial charge in [-0.15, -0.1) is 0 Å². The maximum atomic E-state index is 11.2. The molecule has 0 saturated heterocycles. The fourth-order valence-corrected chi connectivity index (χ4v) is 0.710. The highest BCUT2D eigenvalue weighted by molar-refractivity contribution is 5.76. The number of carbonyl (C=O) groups excluding carboxylic acids is 1. The summed E-state index contributed by atoms with van der Waals surface area (Å²) in [6.45, 7) is 4.41. The van der Waals surface area contributed by atoms with Crippen LogP contribution in [0, 0.1) is 0 Å². The second-order valence-electron chi connectivity index (χ2n) is 4.08. The third kappa shape index (κ3) is 7.50. The zero-order valence-corrected chi connectivity index (χ0v) is 8.64. The summed E-state index contributed by atoms with van der Waals surface area (Å²) < 4.78 is 0.457. The van der Waals surface area contributed by atoms with Crippen LogP contribution in [0.15, 0.2) is 0 Å². The molecule has 72 valence electrons. The van der Waals surface area contributed by atoms with Crippen LogP contribution < -0.4 is 10.7 Å². The molecule has 12 heavy (non-hydrogen) atoms. The lowest BCUT2D eigenvalue weighted by Crippen LogP contribution is -2.53. The second kappa shape index (κ2) is 4.42. The first-order chi connectivity index (χ1) is 5.31. The van der Waals surface area contributed by atoms with Gasteiger partial charge in [0.2, 0.25) is 0 Å². The van der Waals surface area contributed by atoms with Gasteiger partial charge in [0.15, 0.2) is 0 Å². The van der Waals surface area contributed by atoms with E-state index in [1.807, 2.05) is 35.0 Å². The SMILES string of the molecule is CC(C)NCC(=O)N[N+](C)(C)C. The van der Waals surface area contributed by atoms with E-state index >= 15 is 0 Å². The smallest absolute Gasteiger partial charge is 0.278 e. The lowest BCUT2D eigenvalue weighted by molar-refractivity contribution is -0.906. The molecule has 2 N–H and O–H groups in total. The Morgan fingerprint density at radius 1 is 1.33 bits per heavy atom. The number of carbonyl (C=O) groups is 1. The normalized spacial score (nSPS) is 11.8. The zero-order chi connectivity index (χ0) is 9.78. The molecule has 4 nitrogen and oxygen atoms in total. The van der Waals surface area contributed by atoms with E-state index in [0.29, 0.717) is 17.2 Å². The van der Waals surface area contributed by atoms with Crippen molar-refractivity contribution in [2.45, 2.75) is 19.9 Å². The number of rotatable bonds is 4. The van der Waals surface area contributed by atoms with Crippen molar-refractivity contribution in [3.63, 3.8) is 0 Å². The molecule has 0 aromatic carbocycles. The predicted molar refractivity (Wildman–Crippen MR) is 49.3 cm³/mol. The molecule has 0 atom stereocenters. The van der Waals surface area contributed by atoms with Gasteiger partial charge >= 0.3 is 0 Å². The first-order valence-corrected chi connectivity index (χ1v) is 4.17. The molecule has 0 spiro atoms. The maximum absolute atomic E-state index is 11.2. The van der Waals surface area contributed by atoms with Crippen LogP contribution in [0.25, 0.3) is 0 Å². The van der Waals surface area contributed by atoms with E-state index in [4.69, 9.17) is 0 Å². The molecule has 0 aliphatic carbocycles. The minimum Gasteiger partial charge on any atom is -0.306 e. The van der Waals surface area contributed by atoms with Crippen LogP contribution in [0.3, 0.4) is 0 Å². The molecule has 0 unspecified atom stereocenters. The summed E-state index contributed by atoms with van der Waals surface area (Å²) in [5.74, 6) is 0.0243. The summed E-state index contributed by atoms with van der Waals surface area (Å²) in [6.07, 6.45) is 0. The van der Waals surface area contributed by atoms with Crippen molar-refractivity contribution >= 4 is 5.91 Å². The van der Waals surface area contributed by atoms with Crippen molar-refractivity contribution in [1.82, 2.24) is 10.7 Å². The van der Waals surface area contributed by atoms with E-state index in [1.54, 1.807) is 0 Å². The molecule has 0 fully saturated rings. The molecule has 1 amide bonds. The van der Waals surface area contributed by atoms with Crippen molar-refractivity contribution in [3.8, 4) is 0 Å². The van der Waals surface area contributed by atoms with Crippen LogP contribution in [0.4, 0.5) is 0 Å². The van der Waals surface area contributed by atoms with Crippen molar-refractivity contribution in [3.05, 3.63) is 0 Å². The molecule has 0 bridgehead atoms. The first-order valence-electron chi connectivity index (χ1n) is 4.17. The van der Waals surface area contributed by atoms with Gasteiger partial charge < -0.3 is 5.32 Å². The Morgan fingerprint density at radius 2 is 1.83 bits per heavy atom. The quantitative estimate of drug-likeness (QED) is 0.455. The van der Waals surface area contributed by atoms with E-state index in [1.165, 1.54) is 0 Å². The Labute approximate surface area is 74.5 Å². The molecule has 0 rings (SSSR count). The number of nitrogens with one attached hydrogen (secondary N) is 2. The van der Waals surface area contributed by atoms with Gasteiger partial charge in [-0.25, -0.2) is 10.0 Å². The van der Waals surface area contributed by atoms with Gasteiger partial charge in [0, 0.05) is 6.04 Å². The molecule has 0 aromatic rings. The minimum absolute atomic E-state index is 0.0243. The fourth-order valence-electron chi connectivity index (χ4n) is 0.710. The number of hydrogen-bond acceptors (Lipinski definition) is 2. The number of quaternary nitrogens is 1. The standard InChI is InChI=1S/C8H19N3O/c1-7(2)9-6-8(12)10-11(3,4)5/h7,9H,6H2,1-5H3/p+1. The van der Waals surface area contributed by atoms with Crippen molar-refractivity contribution < 1.29 is 9.39 Å². The molecule has 0 saturated carbocycles. The fraction of sp³-hybridized carbons (Fsp3) is 0.875. The van der Waals surface area contributed by atoms with E-state index in [2.05, 4.69) is 10.7 Å². The highest BCUT2D eigenvalue weighted by Crippen LogP contribution is 1.81. The molecular weight excluding hydrogens is 154 g/mol. The zero-order valence-electron chi connectivity index (χ0n) is 8.64. The lowest BCUT2D eigenvalue weighted by atomic mass is 10.4. The largest absolute Gasteiger partial charge is 0.306 e. The highest BCUT2D eigenvalue weighted by Gasteiger charge is 2.11. The summed E-state index contributed by atoms with van der Waals surface area (Å²) >= 11 is 0. The van der Waals surface area contributed by atoms with Gasteiger partial charge in [-0.1, -0.05) is 13.8 Å². The summed E-state index contributed by atoms with van der Waals surface area (Å²) in [7, 11) is 5.73. The predicted octanol–water partition coefficient (Wildman–Crippen LogP) is -0.278. The average molecular weight is 174 g/mol. The van der Waals surface area contributed by atoms with Crippen molar-refractivity contribution in [2.24, 2.45) is 0 Å². The summed E-state index contributed by atoms with van der Waals surface area (Å²) in [6, 6.07) is 0.350. The Balaban J connectivity index is 3.61. The summed E-state index contributed by atoms with van der Waals surface area (Å²) in [5.41, 5.74) is 2.81. The topological polar surface area (TPSA) is 41.1 Å². The molecule has 0 aromatic heterocycles. The van der Waals surface area contributed by atoms with Gasteiger partial charge in [-0.3, -0.25) is 4.79 Å². The molecular formula is C8H20N3O+. The second-order valence-corrected chi connectivity index (χ2v) is 4.08. The van der Waals surface area contributed by atoms with Crippen molar-refractivity contribution in [2.75, 3.05) is 27.7 Å². The van der Waals surface area contributed by atoms with Crippen LogP contribution in [0.1, 0.15) is 13.8 Å². The minimum atomic E-state index is 0.0243. The highest BCUT2D eigenvalue weighted by atomic mass is 16.2. The first kappa shape index (κ1) is 11.4. The Bertz CT molecular complexity index is 149. The molecule has 0 heterocycles. The Morgan fingerprint density at radius 3 is 2.17 bits per heavy atom. The number of hydrogen-bond donors (Lipinski definition) is 2. The molecule has 4 heteroatoms. The average Bonchev–Trinajstić information content (AvgIpc) is 1.79. The molecule has 0 aliphatic heterocycles. The lowest BCUT2D eigenvalue weighted by Gasteiger charge is -2.23. The van der Waals surface area contributed by atoms with Gasteiger partial charge in [0.05, 0.1) is 27.7 Å². The third-order valence-electron chi connectivity index (χ3n) is 1.13. The van der Waals surface area contributed by atoms with Crippen molar-refractivity contribution in [1.29, 1.82) is 0 Å². The summed E-state index contributed by atoms with van der Waals surface area (Å²) in [4.78, 5) is 11.2. The number of amides is 1. The Kier molecular flexibility index (Phi) is 4.20. The van der Waals surface area contributed by atoms with Crippen LogP contribution in [0.2, 0.25) is 0 Å². The summed E-state index contributed by atoms with van der Waals surface area (Å²) in [5, 5.41) is 3.05. The van der Waals surface area contributed by atoms with Gasteiger partial charge in [0.1, 0.15) is 0 Å². The van der Waals surface area contributed by atoms with Gasteiger partial charge in [0.25, 0.3) is 5.91 Å². The van der Waals surface area contributed by atoms with Crippen LogP contribution in [-0.4, -0.2) is 44.2 Å². The number of nitrogens with zero attached hydrogens (tertiary/aromatic N) is 1. The van der Waals surface area contributed by atoms with Crippen LogP contribution >= 0.6 is 0 Å². The Hall–Kier alpha value is -0.610. The maximum Gasteiger partial charge on any atom is 0.278 e. The van der Waals surface area contributed by atoms with Gasteiger partial charge in [-0.2, -0.15) is 0 Å². The molecule has 0 radical (unpaired) electrons. The third-order valence-corrected chi connectivity index (χ3v) is 1.13.